The molecule has 0 bridgehead atoms. The van der Waals surface area contributed by atoms with Crippen LogP contribution < -0.4 is 5.32 Å². The van der Waals surface area contributed by atoms with E-state index in [0.717, 1.165) is 70.8 Å². The minimum atomic E-state index is 0.318. The van der Waals surface area contributed by atoms with Crippen LogP contribution in [-0.2, 0) is 13.1 Å². The second kappa shape index (κ2) is 9.69. The predicted octanol–water partition coefficient (Wildman–Crippen LogP) is 4.75. The van der Waals surface area contributed by atoms with Crippen LogP contribution in [0.3, 0.4) is 0 Å². The topological polar surface area (TPSA) is 82.1 Å². The third-order valence-electron chi connectivity index (χ3n) is 6.10. The van der Waals surface area contributed by atoms with E-state index in [1.54, 1.807) is 12.4 Å². The van der Waals surface area contributed by atoms with E-state index in [1.165, 1.54) is 0 Å². The zero-order valence-corrected chi connectivity index (χ0v) is 19.7. The quantitative estimate of drug-likeness (QED) is 0.410. The Morgan fingerprint density at radius 1 is 1.18 bits per heavy atom. The zero-order chi connectivity index (χ0) is 22.6. The van der Waals surface area contributed by atoms with Crippen molar-refractivity contribution in [1.82, 2.24) is 24.5 Å². The Kier molecular flexibility index (Phi) is 6.33. The predicted molar refractivity (Wildman–Crippen MR) is 131 cm³/mol. The molecular formula is C25H24BrN7. The summed E-state index contributed by atoms with van der Waals surface area (Å²) >= 11 is 3.60. The number of halogens is 1. The van der Waals surface area contributed by atoms with Crippen LogP contribution in [-0.4, -0.2) is 37.6 Å². The van der Waals surface area contributed by atoms with Crippen molar-refractivity contribution in [3.63, 3.8) is 0 Å². The highest BCUT2D eigenvalue weighted by Crippen LogP contribution is 2.30. The first-order valence-corrected chi connectivity index (χ1v) is 11.9. The molecule has 0 saturated carbocycles. The number of anilines is 1. The lowest BCUT2D eigenvalue weighted by atomic mass is 9.93. The van der Waals surface area contributed by atoms with Gasteiger partial charge in [0.05, 0.1) is 28.0 Å². The van der Waals surface area contributed by atoms with Crippen LogP contribution in [0.4, 0.5) is 5.82 Å². The van der Waals surface area contributed by atoms with E-state index in [1.807, 2.05) is 35.0 Å². The number of pyridine rings is 1. The molecular weight excluding hydrogens is 478 g/mol. The van der Waals surface area contributed by atoms with Gasteiger partial charge in [-0.15, -0.1) is 0 Å². The number of aromatic nitrogens is 4. The summed E-state index contributed by atoms with van der Waals surface area (Å²) in [4.78, 5) is 11.6. The molecule has 1 fully saturated rings. The Hall–Kier alpha value is -3.28. The first-order chi connectivity index (χ1) is 16.2. The van der Waals surface area contributed by atoms with Crippen LogP contribution in [0.5, 0.6) is 0 Å². The number of likely N-dealkylation sites (tertiary alicyclic amines) is 1. The maximum Gasteiger partial charge on any atom is 0.171 e. The number of fused-ring (bicyclic) bond motifs is 1. The first-order valence-electron chi connectivity index (χ1n) is 11.1. The molecule has 1 atom stereocenters. The number of rotatable bonds is 6. The second-order valence-electron chi connectivity index (χ2n) is 8.35. The summed E-state index contributed by atoms with van der Waals surface area (Å²) in [5, 5.41) is 17.5. The molecule has 33 heavy (non-hydrogen) atoms. The average Bonchev–Trinajstić information content (AvgIpc) is 3.24. The SMILES string of the molecule is N#Cc1ccccc1CN1CCCC(c2cc(NCc3cccnc3)n3ncc(Br)c3n2)C1. The van der Waals surface area contributed by atoms with E-state index in [-0.39, 0.29) is 0 Å². The van der Waals surface area contributed by atoms with Crippen LogP contribution in [0.1, 0.15) is 41.1 Å². The molecule has 5 rings (SSSR count). The summed E-state index contributed by atoms with van der Waals surface area (Å²) < 4.78 is 2.72. The summed E-state index contributed by atoms with van der Waals surface area (Å²) in [7, 11) is 0. The summed E-state index contributed by atoms with van der Waals surface area (Å²) in [6, 6.07) is 16.3. The monoisotopic (exact) mass is 501 g/mol. The van der Waals surface area contributed by atoms with Crippen molar-refractivity contribution in [2.24, 2.45) is 0 Å². The molecule has 0 amide bonds. The molecule has 8 heteroatoms. The van der Waals surface area contributed by atoms with Crippen LogP contribution >= 0.6 is 15.9 Å². The fourth-order valence-corrected chi connectivity index (χ4v) is 4.78. The maximum absolute atomic E-state index is 9.45. The molecule has 1 aliphatic heterocycles. The van der Waals surface area contributed by atoms with E-state index in [4.69, 9.17) is 4.98 Å². The van der Waals surface area contributed by atoms with Crippen molar-refractivity contribution in [2.45, 2.75) is 31.8 Å². The van der Waals surface area contributed by atoms with Crippen molar-refractivity contribution in [2.75, 3.05) is 18.4 Å². The summed E-state index contributed by atoms with van der Waals surface area (Å²) in [5.74, 6) is 1.23. The first kappa shape index (κ1) is 21.6. The molecule has 1 aromatic carbocycles. The van der Waals surface area contributed by atoms with Gasteiger partial charge in [0, 0.05) is 44.0 Å². The van der Waals surface area contributed by atoms with Crippen molar-refractivity contribution in [3.8, 4) is 6.07 Å². The van der Waals surface area contributed by atoms with Crippen molar-refractivity contribution in [1.29, 1.82) is 5.26 Å². The fourth-order valence-electron chi connectivity index (χ4n) is 4.43. The van der Waals surface area contributed by atoms with Gasteiger partial charge in [0.25, 0.3) is 0 Å². The lowest BCUT2D eigenvalue weighted by Gasteiger charge is -2.33. The maximum atomic E-state index is 9.45. The molecule has 1 unspecified atom stereocenters. The molecule has 0 aliphatic carbocycles. The summed E-state index contributed by atoms with van der Waals surface area (Å²) in [6.45, 7) is 3.38. The van der Waals surface area contributed by atoms with E-state index < -0.39 is 0 Å². The highest BCUT2D eigenvalue weighted by atomic mass is 79.9. The smallest absolute Gasteiger partial charge is 0.171 e. The fraction of sp³-hybridized carbons (Fsp3) is 0.280. The van der Waals surface area contributed by atoms with E-state index >= 15 is 0 Å². The van der Waals surface area contributed by atoms with Gasteiger partial charge in [0.2, 0.25) is 0 Å². The number of hydrogen-bond acceptors (Lipinski definition) is 6. The Bertz CT molecular complexity index is 1300. The van der Waals surface area contributed by atoms with Crippen molar-refractivity contribution in [3.05, 3.63) is 87.9 Å². The third kappa shape index (κ3) is 4.75. The molecule has 166 valence electrons. The van der Waals surface area contributed by atoms with Gasteiger partial charge in [0.1, 0.15) is 5.82 Å². The molecule has 7 nitrogen and oxygen atoms in total. The minimum absolute atomic E-state index is 0.318. The lowest BCUT2D eigenvalue weighted by Crippen LogP contribution is -2.34. The third-order valence-corrected chi connectivity index (χ3v) is 6.66. The Morgan fingerprint density at radius 3 is 2.94 bits per heavy atom. The van der Waals surface area contributed by atoms with Crippen LogP contribution in [0.25, 0.3) is 5.65 Å². The van der Waals surface area contributed by atoms with Crippen LogP contribution in [0.2, 0.25) is 0 Å². The van der Waals surface area contributed by atoms with Crippen LogP contribution in [0.15, 0.2) is 65.5 Å². The molecule has 3 aromatic heterocycles. The van der Waals surface area contributed by atoms with Crippen molar-refractivity contribution >= 4 is 27.4 Å². The number of nitrogens with one attached hydrogen (secondary N) is 1. The van der Waals surface area contributed by atoms with E-state index in [9.17, 15) is 5.26 Å². The van der Waals surface area contributed by atoms with Gasteiger partial charge in [-0.1, -0.05) is 24.3 Å². The second-order valence-corrected chi connectivity index (χ2v) is 9.21. The van der Waals surface area contributed by atoms with Gasteiger partial charge < -0.3 is 5.32 Å². The Balaban J connectivity index is 1.39. The molecule has 4 aromatic rings. The van der Waals surface area contributed by atoms with Gasteiger partial charge in [-0.05, 0) is 58.6 Å². The summed E-state index contributed by atoms with van der Waals surface area (Å²) in [5.41, 5.74) is 4.82. The number of nitrogens with zero attached hydrogens (tertiary/aromatic N) is 6. The molecule has 4 heterocycles. The zero-order valence-electron chi connectivity index (χ0n) is 18.2. The molecule has 1 aliphatic rings. The lowest BCUT2D eigenvalue weighted by molar-refractivity contribution is 0.198. The number of benzene rings is 1. The van der Waals surface area contributed by atoms with Gasteiger partial charge >= 0.3 is 0 Å². The highest BCUT2D eigenvalue weighted by Gasteiger charge is 2.24. The number of piperidine rings is 1. The largest absolute Gasteiger partial charge is 0.366 e. The Morgan fingerprint density at radius 2 is 2.09 bits per heavy atom. The molecule has 0 radical (unpaired) electrons. The molecule has 1 saturated heterocycles. The van der Waals surface area contributed by atoms with E-state index in [2.05, 4.69) is 60.5 Å². The molecule has 0 spiro atoms. The number of nitriles is 1. The standard InChI is InChI=1S/C25H24BrN7/c26-22-15-30-33-24(29-14-18-5-3-9-28-13-18)11-23(31-25(22)33)21-8-4-10-32(17-21)16-20-7-2-1-6-19(20)12-27/h1-3,5-7,9,11,13,15,21,29H,4,8,10,14,16-17H2. The normalized spacial score (nSPS) is 16.5. The minimum Gasteiger partial charge on any atom is -0.366 e. The molecule has 1 N–H and O–H groups in total. The van der Waals surface area contributed by atoms with E-state index in [0.29, 0.717) is 12.5 Å². The number of hydrogen-bond donors (Lipinski definition) is 1. The average molecular weight is 502 g/mol. The summed E-state index contributed by atoms with van der Waals surface area (Å²) in [6.07, 6.45) is 7.62. The highest BCUT2D eigenvalue weighted by molar-refractivity contribution is 9.10. The van der Waals surface area contributed by atoms with Crippen LogP contribution in [0, 0.1) is 11.3 Å². The van der Waals surface area contributed by atoms with Gasteiger partial charge in [-0.25, -0.2) is 4.98 Å². The van der Waals surface area contributed by atoms with Gasteiger partial charge in [0.15, 0.2) is 5.65 Å². The van der Waals surface area contributed by atoms with Gasteiger partial charge in [-0.2, -0.15) is 14.9 Å². The van der Waals surface area contributed by atoms with Gasteiger partial charge in [-0.3, -0.25) is 9.88 Å². The Labute approximate surface area is 201 Å². The van der Waals surface area contributed by atoms with Crippen molar-refractivity contribution < 1.29 is 0 Å².